The fourth-order valence-electron chi connectivity index (χ4n) is 1.19. The molecule has 0 spiro atoms. The summed E-state index contributed by atoms with van der Waals surface area (Å²) in [6.07, 6.45) is 1.47. The van der Waals surface area contributed by atoms with E-state index in [0.29, 0.717) is 15.5 Å². The fraction of sp³-hybridized carbons (Fsp3) is 0. The van der Waals surface area contributed by atoms with E-state index in [0.717, 1.165) is 0 Å². The van der Waals surface area contributed by atoms with Gasteiger partial charge in [-0.1, -0.05) is 12.2 Å². The standard InChI is InChI=1S/C9H5NO3S/c11-10(12)6-1-2-8-7(5-6)9(14)3-4-13-8/h1-5H. The largest absolute Gasteiger partial charge is 0.464 e. The molecule has 0 atom stereocenters. The highest BCUT2D eigenvalue weighted by Gasteiger charge is 2.07. The molecule has 5 heteroatoms. The highest BCUT2D eigenvalue weighted by Crippen LogP contribution is 2.21. The van der Waals surface area contributed by atoms with Crippen molar-refractivity contribution in [2.24, 2.45) is 0 Å². The molecule has 0 unspecified atom stereocenters. The maximum Gasteiger partial charge on any atom is 0.270 e. The summed E-state index contributed by atoms with van der Waals surface area (Å²) in [6.45, 7) is 0. The first-order valence-electron chi connectivity index (χ1n) is 3.84. The monoisotopic (exact) mass is 207 g/mol. The van der Waals surface area contributed by atoms with Gasteiger partial charge < -0.3 is 4.42 Å². The van der Waals surface area contributed by atoms with Gasteiger partial charge in [-0.05, 0) is 12.1 Å². The van der Waals surface area contributed by atoms with Crippen molar-refractivity contribution in [3.8, 4) is 0 Å². The SMILES string of the molecule is O=[N+]([O-])c1ccc2occc(=S)c2c1. The topological polar surface area (TPSA) is 56.3 Å². The van der Waals surface area contributed by atoms with E-state index in [1.54, 1.807) is 12.1 Å². The van der Waals surface area contributed by atoms with Crippen molar-refractivity contribution in [3.63, 3.8) is 0 Å². The van der Waals surface area contributed by atoms with E-state index in [1.807, 2.05) is 0 Å². The van der Waals surface area contributed by atoms with E-state index in [-0.39, 0.29) is 5.69 Å². The Morgan fingerprint density at radius 3 is 2.86 bits per heavy atom. The van der Waals surface area contributed by atoms with Crippen molar-refractivity contribution >= 4 is 28.9 Å². The van der Waals surface area contributed by atoms with E-state index in [4.69, 9.17) is 16.6 Å². The zero-order valence-corrected chi connectivity index (χ0v) is 7.78. The van der Waals surface area contributed by atoms with Crippen LogP contribution in [0.3, 0.4) is 0 Å². The Morgan fingerprint density at radius 2 is 2.14 bits per heavy atom. The molecule has 0 aliphatic carbocycles. The summed E-state index contributed by atoms with van der Waals surface area (Å²) in [5.41, 5.74) is 0.577. The minimum Gasteiger partial charge on any atom is -0.464 e. The molecule has 0 fully saturated rings. The lowest BCUT2D eigenvalue weighted by Crippen LogP contribution is -1.87. The van der Waals surface area contributed by atoms with Crippen LogP contribution in [0.4, 0.5) is 5.69 Å². The summed E-state index contributed by atoms with van der Waals surface area (Å²) in [5.74, 6) is 0. The summed E-state index contributed by atoms with van der Waals surface area (Å²) in [6, 6.07) is 5.95. The molecule has 0 saturated heterocycles. The first-order valence-corrected chi connectivity index (χ1v) is 4.25. The maximum atomic E-state index is 10.5. The van der Waals surface area contributed by atoms with Crippen molar-refractivity contribution in [3.05, 3.63) is 45.2 Å². The third-order valence-electron chi connectivity index (χ3n) is 1.85. The van der Waals surface area contributed by atoms with E-state index in [9.17, 15) is 10.1 Å². The van der Waals surface area contributed by atoms with Gasteiger partial charge in [-0.15, -0.1) is 0 Å². The van der Waals surface area contributed by atoms with Crippen LogP contribution in [0, 0.1) is 14.6 Å². The Labute approximate surface area is 83.9 Å². The summed E-state index contributed by atoms with van der Waals surface area (Å²) < 4.78 is 5.69. The molecule has 1 aromatic heterocycles. The van der Waals surface area contributed by atoms with Crippen molar-refractivity contribution in [2.75, 3.05) is 0 Å². The number of nitro benzene ring substituents is 1. The minimum absolute atomic E-state index is 0.0185. The molecular weight excluding hydrogens is 202 g/mol. The van der Waals surface area contributed by atoms with Crippen LogP contribution < -0.4 is 0 Å². The second-order valence-electron chi connectivity index (χ2n) is 2.72. The van der Waals surface area contributed by atoms with Gasteiger partial charge in [0.2, 0.25) is 0 Å². The lowest BCUT2D eigenvalue weighted by molar-refractivity contribution is -0.384. The number of benzene rings is 1. The lowest BCUT2D eigenvalue weighted by atomic mass is 10.2. The van der Waals surface area contributed by atoms with E-state index in [2.05, 4.69) is 0 Å². The van der Waals surface area contributed by atoms with Crippen molar-refractivity contribution in [1.82, 2.24) is 0 Å². The second-order valence-corrected chi connectivity index (χ2v) is 3.16. The van der Waals surface area contributed by atoms with Crippen LogP contribution in [0.25, 0.3) is 11.0 Å². The molecular formula is C9H5NO3S. The number of nitrogens with zero attached hydrogens (tertiary/aromatic N) is 1. The third kappa shape index (κ3) is 1.38. The predicted octanol–water partition coefficient (Wildman–Crippen LogP) is 3.07. The number of rotatable bonds is 1. The maximum absolute atomic E-state index is 10.5. The summed E-state index contributed by atoms with van der Waals surface area (Å²) in [5, 5.41) is 11.1. The molecule has 70 valence electrons. The van der Waals surface area contributed by atoms with Gasteiger partial charge in [0, 0.05) is 17.5 Å². The van der Waals surface area contributed by atoms with E-state index in [1.165, 1.54) is 18.4 Å². The Bertz CT molecular complexity index is 561. The molecule has 0 amide bonds. The normalized spacial score (nSPS) is 10.3. The molecule has 14 heavy (non-hydrogen) atoms. The quantitative estimate of drug-likeness (QED) is 0.409. The molecule has 0 N–H and O–H groups in total. The van der Waals surface area contributed by atoms with Crippen molar-refractivity contribution < 1.29 is 9.34 Å². The summed E-state index contributed by atoms with van der Waals surface area (Å²) >= 11 is 5.02. The average Bonchev–Trinajstić information content (AvgIpc) is 2.18. The van der Waals surface area contributed by atoms with E-state index < -0.39 is 4.92 Å². The number of fused-ring (bicyclic) bond motifs is 1. The Kier molecular flexibility index (Phi) is 2.01. The molecule has 2 aromatic rings. The fourth-order valence-corrected chi connectivity index (χ4v) is 1.40. The average molecular weight is 207 g/mol. The smallest absolute Gasteiger partial charge is 0.270 e. The van der Waals surface area contributed by atoms with Gasteiger partial charge in [0.05, 0.1) is 15.7 Å². The Morgan fingerprint density at radius 1 is 1.36 bits per heavy atom. The molecule has 4 nitrogen and oxygen atoms in total. The first kappa shape index (κ1) is 8.83. The first-order chi connectivity index (χ1) is 6.68. The van der Waals surface area contributed by atoms with Crippen LogP contribution in [0.5, 0.6) is 0 Å². The van der Waals surface area contributed by atoms with Gasteiger partial charge in [-0.2, -0.15) is 0 Å². The molecule has 2 rings (SSSR count). The lowest BCUT2D eigenvalue weighted by Gasteiger charge is -1.96. The zero-order valence-electron chi connectivity index (χ0n) is 6.97. The van der Waals surface area contributed by atoms with E-state index >= 15 is 0 Å². The second kappa shape index (κ2) is 3.19. The van der Waals surface area contributed by atoms with Crippen molar-refractivity contribution in [1.29, 1.82) is 0 Å². The van der Waals surface area contributed by atoms with Crippen LogP contribution in [-0.4, -0.2) is 4.92 Å². The van der Waals surface area contributed by atoms with Gasteiger partial charge in [-0.25, -0.2) is 0 Å². The Hall–Kier alpha value is -1.75. The number of hydrogen-bond acceptors (Lipinski definition) is 4. The highest BCUT2D eigenvalue weighted by molar-refractivity contribution is 7.71. The van der Waals surface area contributed by atoms with Crippen molar-refractivity contribution in [2.45, 2.75) is 0 Å². The van der Waals surface area contributed by atoms with Crippen LogP contribution >= 0.6 is 12.2 Å². The van der Waals surface area contributed by atoms with Crippen LogP contribution in [0.1, 0.15) is 0 Å². The molecule has 1 aromatic carbocycles. The van der Waals surface area contributed by atoms with Gasteiger partial charge >= 0.3 is 0 Å². The van der Waals surface area contributed by atoms with Crippen LogP contribution in [0.15, 0.2) is 34.9 Å². The minimum atomic E-state index is -0.457. The number of nitro groups is 1. The molecule has 0 bridgehead atoms. The number of non-ortho nitro benzene ring substituents is 1. The predicted molar refractivity (Wildman–Crippen MR) is 53.7 cm³/mol. The Balaban J connectivity index is 2.83. The molecule has 1 heterocycles. The highest BCUT2D eigenvalue weighted by atomic mass is 32.1. The van der Waals surface area contributed by atoms with Crippen LogP contribution in [0.2, 0.25) is 0 Å². The molecule has 0 aliphatic heterocycles. The summed E-state index contributed by atoms with van der Waals surface area (Å²) in [7, 11) is 0. The summed E-state index contributed by atoms with van der Waals surface area (Å²) in [4.78, 5) is 10.0. The molecule has 0 saturated carbocycles. The number of hydrogen-bond donors (Lipinski definition) is 0. The van der Waals surface area contributed by atoms with Gasteiger partial charge in [-0.3, -0.25) is 10.1 Å². The molecule has 0 radical (unpaired) electrons. The van der Waals surface area contributed by atoms with Gasteiger partial charge in [0.25, 0.3) is 5.69 Å². The van der Waals surface area contributed by atoms with Gasteiger partial charge in [0.1, 0.15) is 5.58 Å². The van der Waals surface area contributed by atoms with Crippen LogP contribution in [-0.2, 0) is 0 Å². The molecule has 0 aliphatic rings. The zero-order chi connectivity index (χ0) is 10.1. The third-order valence-corrected chi connectivity index (χ3v) is 2.21. The van der Waals surface area contributed by atoms with Gasteiger partial charge in [0.15, 0.2) is 0 Å².